The van der Waals surface area contributed by atoms with Crippen LogP contribution in [0.5, 0.6) is 0 Å². The van der Waals surface area contributed by atoms with Crippen LogP contribution in [0.2, 0.25) is 0 Å². The van der Waals surface area contributed by atoms with Gasteiger partial charge in [0.2, 0.25) is 0 Å². The molecule has 3 aromatic carbocycles. The number of nitrogens with zero attached hydrogens (tertiary/aromatic N) is 1. The molecule has 113 valence electrons. The van der Waals surface area contributed by atoms with Crippen molar-refractivity contribution in [1.82, 2.24) is 4.98 Å². The van der Waals surface area contributed by atoms with Crippen LogP contribution in [0.4, 0.5) is 0 Å². The van der Waals surface area contributed by atoms with Gasteiger partial charge in [-0.15, -0.1) is 11.5 Å². The first kappa shape index (κ1) is 21.3. The van der Waals surface area contributed by atoms with E-state index >= 15 is 0 Å². The van der Waals surface area contributed by atoms with Crippen LogP contribution in [0.25, 0.3) is 22.0 Å². The van der Waals surface area contributed by atoms with E-state index in [-0.39, 0.29) is 90.9 Å². The molecule has 1 radical (unpaired) electrons. The number of pyridine rings is 1. The van der Waals surface area contributed by atoms with E-state index in [9.17, 15) is 0 Å². The van der Waals surface area contributed by atoms with E-state index in [1.807, 2.05) is 48.7 Å². The molecule has 0 saturated carbocycles. The fraction of sp³-hybridized carbons (Fsp3) is 0.0455. The quantitative estimate of drug-likeness (QED) is 0.420. The Morgan fingerprint density at radius 3 is 2.40 bits per heavy atom. The second kappa shape index (κ2) is 10.3. The van der Waals surface area contributed by atoms with Crippen molar-refractivity contribution in [3.05, 3.63) is 102 Å². The molecule has 0 aliphatic rings. The molecule has 1 heterocycles. The maximum absolute atomic E-state index is 4.59. The zero-order chi connectivity index (χ0) is 15.5. The van der Waals surface area contributed by atoms with Crippen molar-refractivity contribution in [2.24, 2.45) is 0 Å². The Hall–Kier alpha value is -0.0209. The van der Waals surface area contributed by atoms with Gasteiger partial charge in [0.1, 0.15) is 0 Å². The van der Waals surface area contributed by atoms with Gasteiger partial charge in [0, 0.05) is 38.9 Å². The van der Waals surface area contributed by atoms with Gasteiger partial charge in [-0.25, -0.2) is 0 Å². The van der Waals surface area contributed by atoms with Crippen molar-refractivity contribution in [3.8, 4) is 11.1 Å². The van der Waals surface area contributed by atoms with Gasteiger partial charge in [-0.1, -0.05) is 0 Å². The van der Waals surface area contributed by atoms with E-state index in [1.54, 1.807) is 0 Å². The molecule has 0 spiro atoms. The van der Waals surface area contributed by atoms with Crippen LogP contribution in [-0.4, -0.2) is 4.98 Å². The molecule has 0 bridgehead atoms. The molecule has 0 N–H and O–H groups in total. The summed E-state index contributed by atoms with van der Waals surface area (Å²) < 4.78 is 0. The Kier molecular flexibility index (Phi) is 8.81. The fourth-order valence-electron chi connectivity index (χ4n) is 2.81. The SMILES string of the molecule is [Rb+].[Y].[c-]1cccc(Cc2cnc3[c-]ccc(-c4c[c-]ccc4)c3c2)c1. The molecule has 4 rings (SSSR count). The van der Waals surface area contributed by atoms with Crippen LogP contribution in [0.1, 0.15) is 11.1 Å². The van der Waals surface area contributed by atoms with Crippen molar-refractivity contribution < 1.29 is 90.9 Å². The van der Waals surface area contributed by atoms with Gasteiger partial charge in [-0.2, -0.15) is 95.6 Å². The number of fused-ring (bicyclic) bond motifs is 1. The maximum atomic E-state index is 4.59. The Balaban J connectivity index is 0.00000113. The number of aromatic nitrogens is 1. The molecule has 25 heavy (non-hydrogen) atoms. The largest absolute Gasteiger partial charge is 1.00 e. The first-order valence-corrected chi connectivity index (χ1v) is 7.61. The Labute approximate surface area is 222 Å². The summed E-state index contributed by atoms with van der Waals surface area (Å²) in [6.45, 7) is 0. The monoisotopic (exact) mass is 466 g/mol. The Morgan fingerprint density at radius 1 is 0.880 bits per heavy atom. The van der Waals surface area contributed by atoms with Crippen molar-refractivity contribution in [2.75, 3.05) is 0 Å². The van der Waals surface area contributed by atoms with Crippen LogP contribution >= 0.6 is 0 Å². The number of benzene rings is 3. The molecule has 1 nitrogen and oxygen atoms in total. The summed E-state index contributed by atoms with van der Waals surface area (Å²) in [4.78, 5) is 4.59. The zero-order valence-corrected chi connectivity index (χ0v) is 21.9. The number of rotatable bonds is 3. The van der Waals surface area contributed by atoms with Crippen molar-refractivity contribution in [2.45, 2.75) is 6.42 Å². The molecule has 0 aliphatic carbocycles. The molecular formula is C22H14NRbY-2. The van der Waals surface area contributed by atoms with Crippen LogP contribution in [0.15, 0.2) is 72.9 Å². The third-order valence-corrected chi connectivity index (χ3v) is 3.90. The fourth-order valence-corrected chi connectivity index (χ4v) is 2.81. The van der Waals surface area contributed by atoms with Gasteiger partial charge in [0.25, 0.3) is 0 Å². The average molecular weight is 467 g/mol. The van der Waals surface area contributed by atoms with Crippen molar-refractivity contribution in [3.63, 3.8) is 0 Å². The minimum Gasteiger partial charge on any atom is -0.283 e. The van der Waals surface area contributed by atoms with Gasteiger partial charge in [0.05, 0.1) is 0 Å². The second-order valence-corrected chi connectivity index (χ2v) is 5.51. The molecule has 0 amide bonds. The van der Waals surface area contributed by atoms with Crippen molar-refractivity contribution >= 4 is 10.9 Å². The van der Waals surface area contributed by atoms with E-state index in [1.165, 1.54) is 16.7 Å². The van der Waals surface area contributed by atoms with Gasteiger partial charge >= 0.3 is 58.2 Å². The standard InChI is InChI=1S/C22H14N.Rb.Y/c1-3-8-17(9-4-1)14-18-15-21-20(19-10-5-2-6-11-19)12-7-13-22(21)23-16-18;;/h1-3,5,7-12,15-16H,14H2;;/q-3;+1;. The van der Waals surface area contributed by atoms with Gasteiger partial charge in [-0.3, -0.25) is 4.98 Å². The van der Waals surface area contributed by atoms with Gasteiger partial charge in [-0.05, 0) is 17.5 Å². The predicted octanol–water partition coefficient (Wildman–Crippen LogP) is 1.89. The van der Waals surface area contributed by atoms with E-state index in [4.69, 9.17) is 0 Å². The van der Waals surface area contributed by atoms with E-state index in [2.05, 4.69) is 47.4 Å². The minimum absolute atomic E-state index is 0. The van der Waals surface area contributed by atoms with E-state index in [0.29, 0.717) is 0 Å². The molecular weight excluding hydrogens is 453 g/mol. The molecule has 0 unspecified atom stereocenters. The second-order valence-electron chi connectivity index (χ2n) is 5.51. The molecule has 0 atom stereocenters. The summed E-state index contributed by atoms with van der Waals surface area (Å²) in [5.74, 6) is 0. The normalized spacial score (nSPS) is 9.92. The molecule has 0 saturated heterocycles. The minimum atomic E-state index is 0. The third kappa shape index (κ3) is 5.25. The first-order valence-electron chi connectivity index (χ1n) is 7.61. The molecule has 0 fully saturated rings. The third-order valence-electron chi connectivity index (χ3n) is 3.90. The average Bonchev–Trinajstić information content (AvgIpc) is 2.63. The molecule has 4 aromatic rings. The van der Waals surface area contributed by atoms with Crippen LogP contribution in [0.3, 0.4) is 0 Å². The summed E-state index contributed by atoms with van der Waals surface area (Å²) in [5, 5.41) is 1.13. The Bertz CT molecular complexity index is 940. The Morgan fingerprint density at radius 2 is 1.68 bits per heavy atom. The predicted molar refractivity (Wildman–Crippen MR) is 92.9 cm³/mol. The summed E-state index contributed by atoms with van der Waals surface area (Å²) in [6.07, 6.45) is 2.79. The zero-order valence-electron chi connectivity index (χ0n) is 14.2. The van der Waals surface area contributed by atoms with Gasteiger partial charge in [0.15, 0.2) is 0 Å². The number of hydrogen-bond acceptors (Lipinski definition) is 1. The summed E-state index contributed by atoms with van der Waals surface area (Å²) >= 11 is 0. The van der Waals surface area contributed by atoms with E-state index in [0.717, 1.165) is 22.9 Å². The smallest absolute Gasteiger partial charge is 0.283 e. The topological polar surface area (TPSA) is 12.9 Å². The summed E-state index contributed by atoms with van der Waals surface area (Å²) in [6, 6.07) is 31.8. The molecule has 0 aliphatic heterocycles. The van der Waals surface area contributed by atoms with Gasteiger partial charge < -0.3 is 0 Å². The first-order chi connectivity index (χ1) is 11.4. The van der Waals surface area contributed by atoms with E-state index < -0.39 is 0 Å². The summed E-state index contributed by atoms with van der Waals surface area (Å²) in [7, 11) is 0. The summed E-state index contributed by atoms with van der Waals surface area (Å²) in [5.41, 5.74) is 5.65. The molecule has 1 aromatic heterocycles. The van der Waals surface area contributed by atoms with Crippen LogP contribution < -0.4 is 58.2 Å². The molecule has 3 heteroatoms. The maximum Gasteiger partial charge on any atom is 1.00 e. The van der Waals surface area contributed by atoms with Crippen molar-refractivity contribution in [1.29, 1.82) is 0 Å². The van der Waals surface area contributed by atoms with Crippen LogP contribution in [0, 0.1) is 18.2 Å². The number of hydrogen-bond donors (Lipinski definition) is 0. The van der Waals surface area contributed by atoms with Crippen LogP contribution in [-0.2, 0) is 39.1 Å².